The molecule has 0 fully saturated rings. The second kappa shape index (κ2) is 4.97. The summed E-state index contributed by atoms with van der Waals surface area (Å²) < 4.78 is 5.76. The van der Waals surface area contributed by atoms with Crippen molar-refractivity contribution in [2.75, 3.05) is 0 Å². The molecule has 0 amide bonds. The van der Waals surface area contributed by atoms with E-state index in [9.17, 15) is 10.1 Å². The lowest BCUT2D eigenvalue weighted by atomic mass is 10.2. The highest BCUT2D eigenvalue weighted by Crippen LogP contribution is 2.30. The number of para-hydroxylation sites is 1. The van der Waals surface area contributed by atoms with Gasteiger partial charge in [-0.2, -0.15) is 0 Å². The first kappa shape index (κ1) is 12.1. The number of benzene rings is 2. The van der Waals surface area contributed by atoms with Gasteiger partial charge in [-0.1, -0.05) is 18.2 Å². The van der Waals surface area contributed by atoms with E-state index in [4.69, 9.17) is 4.74 Å². The molecule has 1 aromatic heterocycles. The van der Waals surface area contributed by atoms with Crippen molar-refractivity contribution in [2.45, 2.75) is 0 Å². The van der Waals surface area contributed by atoms with Gasteiger partial charge in [0.1, 0.15) is 11.5 Å². The maximum Gasteiger partial charge on any atom is 0.270 e. The van der Waals surface area contributed by atoms with Gasteiger partial charge < -0.3 is 4.74 Å². The molecule has 98 valence electrons. The second-order valence-electron chi connectivity index (χ2n) is 4.18. The minimum Gasteiger partial charge on any atom is -0.457 e. The van der Waals surface area contributed by atoms with Crippen molar-refractivity contribution < 1.29 is 9.66 Å². The van der Waals surface area contributed by atoms with Crippen LogP contribution in [0.4, 0.5) is 5.69 Å². The van der Waals surface area contributed by atoms with Gasteiger partial charge in [0, 0.05) is 23.7 Å². The average Bonchev–Trinajstić information content (AvgIpc) is 2.48. The number of ether oxygens (including phenoxy) is 1. The number of rotatable bonds is 3. The third kappa shape index (κ3) is 2.29. The molecule has 3 aromatic rings. The van der Waals surface area contributed by atoms with Crippen LogP contribution in [0, 0.1) is 10.1 Å². The maximum absolute atomic E-state index is 10.9. The van der Waals surface area contributed by atoms with E-state index < -0.39 is 4.92 Å². The Labute approximate surface area is 114 Å². The summed E-state index contributed by atoms with van der Waals surface area (Å²) in [4.78, 5) is 14.6. The van der Waals surface area contributed by atoms with E-state index >= 15 is 0 Å². The Morgan fingerprint density at radius 2 is 1.85 bits per heavy atom. The zero-order chi connectivity index (χ0) is 13.9. The normalized spacial score (nSPS) is 10.4. The van der Waals surface area contributed by atoms with Gasteiger partial charge in [0.2, 0.25) is 0 Å². The van der Waals surface area contributed by atoms with Crippen molar-refractivity contribution in [3.63, 3.8) is 0 Å². The van der Waals surface area contributed by atoms with Crippen molar-refractivity contribution in [1.82, 2.24) is 4.98 Å². The molecule has 5 heteroatoms. The average molecular weight is 266 g/mol. The number of aromatic nitrogens is 1. The molecule has 20 heavy (non-hydrogen) atoms. The highest BCUT2D eigenvalue weighted by atomic mass is 16.6. The molecule has 5 nitrogen and oxygen atoms in total. The fraction of sp³-hybridized carbons (Fsp3) is 0. The molecule has 0 N–H and O–H groups in total. The van der Waals surface area contributed by atoms with Crippen LogP contribution in [0.2, 0.25) is 0 Å². The van der Waals surface area contributed by atoms with E-state index in [0.29, 0.717) is 22.4 Å². The number of fused-ring (bicyclic) bond motifs is 1. The van der Waals surface area contributed by atoms with Crippen LogP contribution >= 0.6 is 0 Å². The largest absolute Gasteiger partial charge is 0.457 e. The summed E-state index contributed by atoms with van der Waals surface area (Å²) in [5.41, 5.74) is 0.674. The lowest BCUT2D eigenvalue weighted by molar-refractivity contribution is -0.384. The van der Waals surface area contributed by atoms with Crippen LogP contribution in [0.1, 0.15) is 0 Å². The highest BCUT2D eigenvalue weighted by molar-refractivity contribution is 5.87. The summed E-state index contributed by atoms with van der Waals surface area (Å²) in [5, 5.41) is 11.5. The molecule has 0 bridgehead atoms. The smallest absolute Gasteiger partial charge is 0.270 e. The van der Waals surface area contributed by atoms with E-state index in [2.05, 4.69) is 4.98 Å². The lowest BCUT2D eigenvalue weighted by Gasteiger charge is -2.08. The van der Waals surface area contributed by atoms with Crippen LogP contribution in [0.15, 0.2) is 60.8 Å². The number of nitrogens with zero attached hydrogens (tertiary/aromatic N) is 2. The maximum atomic E-state index is 10.9. The molecular formula is C15H10N2O3. The van der Waals surface area contributed by atoms with Crippen LogP contribution in [0.5, 0.6) is 11.5 Å². The minimum absolute atomic E-state index is 0.0170. The first-order valence-corrected chi connectivity index (χ1v) is 6.00. The van der Waals surface area contributed by atoms with Gasteiger partial charge in [-0.25, -0.2) is 0 Å². The Morgan fingerprint density at radius 3 is 2.60 bits per heavy atom. The summed E-state index contributed by atoms with van der Waals surface area (Å²) in [6.45, 7) is 0. The predicted molar refractivity (Wildman–Crippen MR) is 74.9 cm³/mol. The topological polar surface area (TPSA) is 65.3 Å². The Bertz CT molecular complexity index is 772. The van der Waals surface area contributed by atoms with Crippen LogP contribution in [-0.4, -0.2) is 9.91 Å². The second-order valence-corrected chi connectivity index (χ2v) is 4.18. The Hall–Kier alpha value is -2.95. The van der Waals surface area contributed by atoms with Gasteiger partial charge in [0.25, 0.3) is 5.69 Å². The zero-order valence-corrected chi connectivity index (χ0v) is 10.4. The fourth-order valence-electron chi connectivity index (χ4n) is 1.93. The lowest BCUT2D eigenvalue weighted by Crippen LogP contribution is -1.91. The van der Waals surface area contributed by atoms with Crippen molar-refractivity contribution in [1.29, 1.82) is 0 Å². The molecule has 0 radical (unpaired) electrons. The van der Waals surface area contributed by atoms with E-state index in [1.807, 2.05) is 30.3 Å². The Kier molecular flexibility index (Phi) is 3.01. The predicted octanol–water partition coefficient (Wildman–Crippen LogP) is 3.94. The Balaban J connectivity index is 2.10. The number of hydrogen-bond donors (Lipinski definition) is 0. The molecule has 2 aromatic carbocycles. The van der Waals surface area contributed by atoms with E-state index in [1.165, 1.54) is 12.1 Å². The third-order valence-corrected chi connectivity index (χ3v) is 2.87. The number of pyridine rings is 1. The third-order valence-electron chi connectivity index (χ3n) is 2.87. The SMILES string of the molecule is O=[N+]([O-])c1ccc2nccc(Oc3ccccc3)c2c1. The molecule has 0 atom stereocenters. The fourth-order valence-corrected chi connectivity index (χ4v) is 1.93. The van der Waals surface area contributed by atoms with Crippen LogP contribution in [0.25, 0.3) is 10.9 Å². The molecule has 0 unspecified atom stereocenters. The molecule has 1 heterocycles. The molecule has 0 saturated heterocycles. The summed E-state index contributed by atoms with van der Waals surface area (Å²) in [6, 6.07) is 15.5. The van der Waals surface area contributed by atoms with Crippen molar-refractivity contribution in [3.8, 4) is 11.5 Å². The summed E-state index contributed by atoms with van der Waals surface area (Å²) in [6.07, 6.45) is 1.62. The number of nitro groups is 1. The summed E-state index contributed by atoms with van der Waals surface area (Å²) >= 11 is 0. The first-order chi connectivity index (χ1) is 9.74. The summed E-state index contributed by atoms with van der Waals surface area (Å²) in [7, 11) is 0. The van der Waals surface area contributed by atoms with E-state index in [0.717, 1.165) is 0 Å². The van der Waals surface area contributed by atoms with E-state index in [1.54, 1.807) is 18.3 Å². The number of nitro benzene ring substituents is 1. The van der Waals surface area contributed by atoms with Crippen LogP contribution in [-0.2, 0) is 0 Å². The van der Waals surface area contributed by atoms with Crippen LogP contribution in [0.3, 0.4) is 0 Å². The molecule has 0 aliphatic carbocycles. The van der Waals surface area contributed by atoms with Gasteiger partial charge in [0.15, 0.2) is 0 Å². The van der Waals surface area contributed by atoms with Crippen molar-refractivity contribution >= 4 is 16.6 Å². The highest BCUT2D eigenvalue weighted by Gasteiger charge is 2.10. The molecule has 0 spiro atoms. The zero-order valence-electron chi connectivity index (χ0n) is 10.4. The quantitative estimate of drug-likeness (QED) is 0.532. The summed E-state index contributed by atoms with van der Waals surface area (Å²) in [5.74, 6) is 1.22. The first-order valence-electron chi connectivity index (χ1n) is 6.00. The standard InChI is InChI=1S/C15H10N2O3/c18-17(19)11-6-7-14-13(10-11)15(8-9-16-14)20-12-4-2-1-3-5-12/h1-10H. The Morgan fingerprint density at radius 1 is 1.05 bits per heavy atom. The van der Waals surface area contributed by atoms with Gasteiger partial charge in [-0.05, 0) is 24.3 Å². The van der Waals surface area contributed by atoms with E-state index in [-0.39, 0.29) is 5.69 Å². The monoisotopic (exact) mass is 266 g/mol. The van der Waals surface area contributed by atoms with Crippen LogP contribution < -0.4 is 4.74 Å². The van der Waals surface area contributed by atoms with Gasteiger partial charge >= 0.3 is 0 Å². The van der Waals surface area contributed by atoms with Crippen molar-refractivity contribution in [3.05, 3.63) is 70.9 Å². The molecule has 0 aliphatic rings. The molecule has 3 rings (SSSR count). The van der Waals surface area contributed by atoms with Gasteiger partial charge in [0.05, 0.1) is 10.4 Å². The minimum atomic E-state index is -0.432. The van der Waals surface area contributed by atoms with Crippen molar-refractivity contribution in [2.24, 2.45) is 0 Å². The molecule has 0 saturated carbocycles. The van der Waals surface area contributed by atoms with Gasteiger partial charge in [-0.15, -0.1) is 0 Å². The van der Waals surface area contributed by atoms with Gasteiger partial charge in [-0.3, -0.25) is 15.1 Å². The number of non-ortho nitro benzene ring substituents is 1. The molecule has 0 aliphatic heterocycles. The molecular weight excluding hydrogens is 256 g/mol. The number of hydrogen-bond acceptors (Lipinski definition) is 4.